The summed E-state index contributed by atoms with van der Waals surface area (Å²) in [6.45, 7) is -0.749. The highest BCUT2D eigenvalue weighted by Crippen LogP contribution is 2.35. The lowest BCUT2D eigenvalue weighted by atomic mass is 9.98. The van der Waals surface area contributed by atoms with Gasteiger partial charge in [0.2, 0.25) is 5.82 Å². The maximum absolute atomic E-state index is 13.1. The summed E-state index contributed by atoms with van der Waals surface area (Å²) in [5, 5.41) is 10.3. The third-order valence-electron chi connectivity index (χ3n) is 2.20. The summed E-state index contributed by atoms with van der Waals surface area (Å²) in [4.78, 5) is 9.28. The molecule has 1 atom stereocenters. The van der Waals surface area contributed by atoms with E-state index in [1.165, 1.54) is 0 Å². The number of alkyl halides is 3. The Bertz CT molecular complexity index is 433. The van der Waals surface area contributed by atoms with Gasteiger partial charge in [0.15, 0.2) is 0 Å². The molecule has 0 fully saturated rings. The zero-order chi connectivity index (χ0) is 13.2. The van der Waals surface area contributed by atoms with Crippen molar-refractivity contribution in [1.82, 2.24) is 0 Å². The SMILES string of the molecule is NCC(c1ccc([N+](=O)[O-])c(F)c1)C(F)(F)F. The molecule has 1 unspecified atom stereocenters. The summed E-state index contributed by atoms with van der Waals surface area (Å²) in [5.74, 6) is -3.34. The molecule has 0 aliphatic carbocycles. The molecule has 0 spiro atoms. The van der Waals surface area contributed by atoms with Crippen molar-refractivity contribution in [3.63, 3.8) is 0 Å². The first kappa shape index (κ1) is 13.4. The van der Waals surface area contributed by atoms with E-state index in [9.17, 15) is 27.7 Å². The molecule has 2 N–H and O–H groups in total. The molecule has 0 saturated heterocycles. The first-order valence-electron chi connectivity index (χ1n) is 4.48. The van der Waals surface area contributed by atoms with Crippen LogP contribution in [0.4, 0.5) is 23.2 Å². The molecule has 1 aromatic carbocycles. The van der Waals surface area contributed by atoms with Gasteiger partial charge in [-0.05, 0) is 11.6 Å². The van der Waals surface area contributed by atoms with Gasteiger partial charge in [0.1, 0.15) is 0 Å². The number of nitro benzene ring substituents is 1. The number of benzene rings is 1. The predicted molar refractivity (Wildman–Crippen MR) is 50.9 cm³/mol. The minimum atomic E-state index is -4.61. The van der Waals surface area contributed by atoms with Crippen LogP contribution in [0.1, 0.15) is 11.5 Å². The molecule has 4 nitrogen and oxygen atoms in total. The van der Waals surface area contributed by atoms with Crippen LogP contribution in [-0.4, -0.2) is 17.6 Å². The molecule has 0 aliphatic rings. The quantitative estimate of drug-likeness (QED) is 0.510. The number of nitrogens with zero attached hydrogens (tertiary/aromatic N) is 1. The van der Waals surface area contributed by atoms with E-state index in [0.29, 0.717) is 12.1 Å². The molecule has 0 heterocycles. The Hall–Kier alpha value is -1.70. The number of nitrogens with two attached hydrogens (primary N) is 1. The third kappa shape index (κ3) is 2.90. The second-order valence-corrected chi connectivity index (χ2v) is 3.30. The van der Waals surface area contributed by atoms with Crippen LogP contribution < -0.4 is 5.73 Å². The number of hydrogen-bond acceptors (Lipinski definition) is 3. The summed E-state index contributed by atoms with van der Waals surface area (Å²) in [6, 6.07) is 2.04. The van der Waals surface area contributed by atoms with Gasteiger partial charge in [-0.25, -0.2) is 0 Å². The molecule has 1 aromatic rings. The van der Waals surface area contributed by atoms with E-state index in [1.807, 2.05) is 0 Å². The van der Waals surface area contributed by atoms with E-state index in [4.69, 9.17) is 5.73 Å². The van der Waals surface area contributed by atoms with Gasteiger partial charge >= 0.3 is 11.9 Å². The van der Waals surface area contributed by atoms with Crippen molar-refractivity contribution in [2.24, 2.45) is 5.73 Å². The Labute approximate surface area is 93.2 Å². The van der Waals surface area contributed by atoms with Crippen molar-refractivity contribution in [2.75, 3.05) is 6.54 Å². The van der Waals surface area contributed by atoms with Crippen LogP contribution in [-0.2, 0) is 0 Å². The smallest absolute Gasteiger partial charge is 0.330 e. The van der Waals surface area contributed by atoms with E-state index < -0.39 is 40.6 Å². The normalized spacial score (nSPS) is 13.5. The summed E-state index contributed by atoms with van der Waals surface area (Å²) in [6.07, 6.45) is -4.61. The average Bonchev–Trinajstić information content (AvgIpc) is 2.15. The zero-order valence-electron chi connectivity index (χ0n) is 8.37. The fraction of sp³-hybridized carbons (Fsp3) is 0.333. The van der Waals surface area contributed by atoms with Crippen LogP contribution in [0.15, 0.2) is 18.2 Å². The number of rotatable bonds is 3. The Balaban J connectivity index is 3.16. The highest BCUT2D eigenvalue weighted by atomic mass is 19.4. The van der Waals surface area contributed by atoms with Gasteiger partial charge < -0.3 is 5.73 Å². The molecule has 0 aliphatic heterocycles. The molecule has 94 valence electrons. The summed E-state index contributed by atoms with van der Waals surface area (Å²) in [5.41, 5.74) is 3.67. The second kappa shape index (κ2) is 4.66. The minimum absolute atomic E-state index is 0.428. The van der Waals surface area contributed by atoms with Crippen molar-refractivity contribution < 1.29 is 22.5 Å². The van der Waals surface area contributed by atoms with Crippen LogP contribution in [0, 0.1) is 15.9 Å². The Morgan fingerprint density at radius 3 is 2.35 bits per heavy atom. The Morgan fingerprint density at radius 1 is 1.41 bits per heavy atom. The first-order valence-corrected chi connectivity index (χ1v) is 4.48. The van der Waals surface area contributed by atoms with Gasteiger partial charge in [-0.1, -0.05) is 6.07 Å². The maximum Gasteiger partial charge on any atom is 0.396 e. The highest BCUT2D eigenvalue weighted by molar-refractivity contribution is 5.37. The fourth-order valence-corrected chi connectivity index (χ4v) is 1.35. The lowest BCUT2D eigenvalue weighted by Crippen LogP contribution is -2.28. The lowest BCUT2D eigenvalue weighted by Gasteiger charge is -2.18. The number of halogens is 4. The van der Waals surface area contributed by atoms with E-state index in [-0.39, 0.29) is 0 Å². The standard InChI is InChI=1S/C9H8F4N2O2/c10-7-3-5(1-2-8(7)15(16)17)6(4-14)9(11,12)13/h1-3,6H,4,14H2. The molecule has 17 heavy (non-hydrogen) atoms. The van der Waals surface area contributed by atoms with E-state index in [1.54, 1.807) is 0 Å². The summed E-state index contributed by atoms with van der Waals surface area (Å²) in [7, 11) is 0. The molecule has 8 heteroatoms. The van der Waals surface area contributed by atoms with Crippen LogP contribution in [0.5, 0.6) is 0 Å². The molecule has 0 saturated carbocycles. The van der Waals surface area contributed by atoms with Gasteiger partial charge in [-0.3, -0.25) is 10.1 Å². The van der Waals surface area contributed by atoms with Crippen molar-refractivity contribution >= 4 is 5.69 Å². The molecule has 0 radical (unpaired) electrons. The van der Waals surface area contributed by atoms with Crippen LogP contribution >= 0.6 is 0 Å². The first-order chi connectivity index (χ1) is 7.77. The lowest BCUT2D eigenvalue weighted by molar-refractivity contribution is -0.387. The second-order valence-electron chi connectivity index (χ2n) is 3.30. The molecule has 1 rings (SSSR count). The Kier molecular flexibility index (Phi) is 3.66. The molecule has 0 bridgehead atoms. The molecular formula is C9H8F4N2O2. The monoisotopic (exact) mass is 252 g/mol. The number of nitro groups is 1. The average molecular weight is 252 g/mol. The molecule has 0 amide bonds. The largest absolute Gasteiger partial charge is 0.396 e. The van der Waals surface area contributed by atoms with Crippen LogP contribution in [0.2, 0.25) is 0 Å². The molecular weight excluding hydrogens is 244 g/mol. The van der Waals surface area contributed by atoms with Crippen LogP contribution in [0.3, 0.4) is 0 Å². The van der Waals surface area contributed by atoms with E-state index in [0.717, 1.165) is 6.07 Å². The van der Waals surface area contributed by atoms with Crippen molar-refractivity contribution in [3.8, 4) is 0 Å². The minimum Gasteiger partial charge on any atom is -0.330 e. The van der Waals surface area contributed by atoms with Crippen molar-refractivity contribution in [2.45, 2.75) is 12.1 Å². The highest BCUT2D eigenvalue weighted by Gasteiger charge is 2.40. The van der Waals surface area contributed by atoms with Crippen molar-refractivity contribution in [1.29, 1.82) is 0 Å². The van der Waals surface area contributed by atoms with Gasteiger partial charge in [0.25, 0.3) is 0 Å². The van der Waals surface area contributed by atoms with E-state index in [2.05, 4.69) is 0 Å². The van der Waals surface area contributed by atoms with E-state index >= 15 is 0 Å². The summed E-state index contributed by atoms with van der Waals surface area (Å²) < 4.78 is 50.5. The van der Waals surface area contributed by atoms with Gasteiger partial charge in [-0.2, -0.15) is 17.6 Å². The van der Waals surface area contributed by atoms with Crippen molar-refractivity contribution in [3.05, 3.63) is 39.7 Å². The summed E-state index contributed by atoms with van der Waals surface area (Å²) >= 11 is 0. The van der Waals surface area contributed by atoms with Gasteiger partial charge in [-0.15, -0.1) is 0 Å². The zero-order valence-corrected chi connectivity index (χ0v) is 8.37. The van der Waals surface area contributed by atoms with Gasteiger partial charge in [0.05, 0.1) is 10.8 Å². The predicted octanol–water partition coefficient (Wildman–Crippen LogP) is 2.34. The Morgan fingerprint density at radius 2 is 2.00 bits per heavy atom. The third-order valence-corrected chi connectivity index (χ3v) is 2.20. The number of hydrogen-bond donors (Lipinski definition) is 1. The fourth-order valence-electron chi connectivity index (χ4n) is 1.35. The maximum atomic E-state index is 13.1. The van der Waals surface area contributed by atoms with Crippen LogP contribution in [0.25, 0.3) is 0 Å². The molecule has 0 aromatic heterocycles. The topological polar surface area (TPSA) is 69.2 Å². The van der Waals surface area contributed by atoms with Gasteiger partial charge in [0, 0.05) is 12.6 Å².